The van der Waals surface area contributed by atoms with Gasteiger partial charge in [0.1, 0.15) is 17.3 Å². The van der Waals surface area contributed by atoms with Crippen molar-refractivity contribution in [2.75, 3.05) is 0 Å². The molecule has 0 saturated carbocycles. The van der Waals surface area contributed by atoms with E-state index in [9.17, 15) is 9.90 Å². The first-order valence-corrected chi connectivity index (χ1v) is 12.8. The van der Waals surface area contributed by atoms with Crippen LogP contribution in [-0.2, 0) is 17.9 Å². The predicted molar refractivity (Wildman–Crippen MR) is 145 cm³/mol. The number of halogens is 3. The molecule has 4 rings (SSSR count). The molecule has 3 aromatic carbocycles. The van der Waals surface area contributed by atoms with Gasteiger partial charge in [0.25, 0.3) is 0 Å². The Kier molecular flexibility index (Phi) is 8.59. The maximum atomic E-state index is 12.1. The maximum Gasteiger partial charge on any atom is 0.342 e. The summed E-state index contributed by atoms with van der Waals surface area (Å²) >= 11 is 19.1. The lowest BCUT2D eigenvalue weighted by Gasteiger charge is -2.09. The van der Waals surface area contributed by atoms with Crippen LogP contribution < -0.4 is 4.74 Å². The third kappa shape index (κ3) is 6.42. The quantitative estimate of drug-likeness (QED) is 0.167. The normalized spacial score (nSPS) is 11.5. The first-order chi connectivity index (χ1) is 17.3. The molecule has 0 saturated heterocycles. The second-order valence-electron chi connectivity index (χ2n) is 7.58. The Bertz CT molecular complexity index is 1420. The molecule has 0 spiro atoms. The number of carbonyl (C=O) groups is 1. The van der Waals surface area contributed by atoms with Crippen LogP contribution in [0, 0.1) is 0 Å². The average Bonchev–Trinajstić information content (AvgIpc) is 3.27. The van der Waals surface area contributed by atoms with Crippen LogP contribution in [0.1, 0.15) is 18.1 Å². The number of benzene rings is 3. The molecule has 1 aromatic heterocycles. The van der Waals surface area contributed by atoms with E-state index in [1.807, 2.05) is 29.7 Å². The number of ether oxygens (including phenoxy) is 1. The van der Waals surface area contributed by atoms with Crippen molar-refractivity contribution < 1.29 is 14.6 Å². The molecule has 1 N–H and O–H groups in total. The second kappa shape index (κ2) is 11.8. The molecule has 0 aliphatic rings. The minimum atomic E-state index is -1.07. The lowest BCUT2D eigenvalue weighted by atomic mass is 10.2. The van der Waals surface area contributed by atoms with Crippen molar-refractivity contribution in [1.82, 2.24) is 14.8 Å². The van der Waals surface area contributed by atoms with Crippen LogP contribution in [0.15, 0.2) is 76.8 Å². The summed E-state index contributed by atoms with van der Waals surface area (Å²) in [6.07, 6.45) is 1.58. The Morgan fingerprint density at radius 1 is 1.03 bits per heavy atom. The van der Waals surface area contributed by atoms with Gasteiger partial charge in [0.05, 0.1) is 10.0 Å². The van der Waals surface area contributed by atoms with Crippen LogP contribution in [0.5, 0.6) is 5.75 Å². The van der Waals surface area contributed by atoms with Gasteiger partial charge in [-0.15, -0.1) is 10.2 Å². The Morgan fingerprint density at radius 2 is 1.81 bits per heavy atom. The van der Waals surface area contributed by atoms with Crippen LogP contribution in [-0.4, -0.2) is 25.8 Å². The largest absolute Gasteiger partial charge is 0.489 e. The van der Waals surface area contributed by atoms with E-state index in [4.69, 9.17) is 39.5 Å². The van der Waals surface area contributed by atoms with Crippen molar-refractivity contribution in [3.8, 4) is 17.1 Å². The van der Waals surface area contributed by atoms with Gasteiger partial charge in [-0.05, 0) is 84.4 Å². The Balaban J connectivity index is 1.54. The summed E-state index contributed by atoms with van der Waals surface area (Å²) in [5.74, 6) is 0.159. The zero-order valence-electron chi connectivity index (χ0n) is 19.0. The fourth-order valence-electron chi connectivity index (χ4n) is 3.34. The summed E-state index contributed by atoms with van der Waals surface area (Å²) in [4.78, 5) is 12.2. The van der Waals surface area contributed by atoms with Crippen LogP contribution >= 0.6 is 46.6 Å². The van der Waals surface area contributed by atoms with Crippen LogP contribution in [0.2, 0.25) is 15.1 Å². The molecule has 0 aliphatic heterocycles. The molecule has 0 aliphatic carbocycles. The molecule has 0 radical (unpaired) electrons. The predicted octanol–water partition coefficient (Wildman–Crippen LogP) is 7.72. The van der Waals surface area contributed by atoms with Crippen molar-refractivity contribution in [1.29, 1.82) is 0 Å². The van der Waals surface area contributed by atoms with Gasteiger partial charge >= 0.3 is 5.97 Å². The van der Waals surface area contributed by atoms with Crippen molar-refractivity contribution in [2.45, 2.75) is 25.2 Å². The summed E-state index contributed by atoms with van der Waals surface area (Å²) in [6.45, 7) is 2.81. The minimum absolute atomic E-state index is 0.0985. The number of rotatable bonds is 9. The minimum Gasteiger partial charge on any atom is -0.489 e. The van der Waals surface area contributed by atoms with E-state index in [-0.39, 0.29) is 11.5 Å². The van der Waals surface area contributed by atoms with Gasteiger partial charge < -0.3 is 14.4 Å². The molecule has 1 heterocycles. The number of hydrogen-bond acceptors (Lipinski definition) is 5. The number of nitrogens with zero attached hydrogens (tertiary/aromatic N) is 3. The summed E-state index contributed by atoms with van der Waals surface area (Å²) < 4.78 is 7.73. The average molecular weight is 561 g/mol. The maximum absolute atomic E-state index is 12.1. The number of hydrogen-bond donors (Lipinski definition) is 1. The Labute approximate surface area is 227 Å². The van der Waals surface area contributed by atoms with E-state index in [0.29, 0.717) is 43.9 Å². The molecule has 4 aromatic rings. The van der Waals surface area contributed by atoms with Crippen molar-refractivity contribution >= 4 is 58.6 Å². The lowest BCUT2D eigenvalue weighted by molar-refractivity contribution is -0.131. The van der Waals surface area contributed by atoms with E-state index in [1.54, 1.807) is 54.6 Å². The molecule has 10 heteroatoms. The second-order valence-corrected chi connectivity index (χ2v) is 9.84. The van der Waals surface area contributed by atoms with Gasteiger partial charge in [-0.1, -0.05) is 53.0 Å². The highest BCUT2D eigenvalue weighted by molar-refractivity contribution is 8.04. The highest BCUT2D eigenvalue weighted by Crippen LogP contribution is 2.31. The first-order valence-electron chi connectivity index (χ1n) is 10.8. The van der Waals surface area contributed by atoms with Crippen molar-refractivity contribution in [2.24, 2.45) is 0 Å². The Hall–Kier alpha value is -2.97. The van der Waals surface area contributed by atoms with Gasteiger partial charge in [0.2, 0.25) is 0 Å². The number of thioether (sulfide) groups is 1. The molecule has 0 unspecified atom stereocenters. The zero-order chi connectivity index (χ0) is 25.7. The topological polar surface area (TPSA) is 77.2 Å². The summed E-state index contributed by atoms with van der Waals surface area (Å²) in [5, 5.41) is 20.4. The van der Waals surface area contributed by atoms with Crippen molar-refractivity contribution in [3.05, 3.63) is 97.8 Å². The highest BCUT2D eigenvalue weighted by atomic mass is 35.5. The SMILES string of the molecule is CCn1c(S/C(=C\c2cccc(OCc3ccc(Cl)c(Cl)c3)c2)C(=O)O)nnc1-c1ccc(Cl)cc1. The third-order valence-corrected chi connectivity index (χ3v) is 7.08. The number of carboxylic acids is 1. The number of carboxylic acid groups (broad SMARTS) is 1. The molecular weight excluding hydrogens is 541 g/mol. The zero-order valence-corrected chi connectivity index (χ0v) is 22.1. The van der Waals surface area contributed by atoms with Gasteiger partial charge in [0.15, 0.2) is 11.0 Å². The lowest BCUT2D eigenvalue weighted by Crippen LogP contribution is -2.02. The van der Waals surface area contributed by atoms with Gasteiger partial charge in [0, 0.05) is 17.1 Å². The van der Waals surface area contributed by atoms with Crippen molar-refractivity contribution in [3.63, 3.8) is 0 Å². The number of aliphatic carboxylic acids is 1. The van der Waals surface area contributed by atoms with Gasteiger partial charge in [-0.3, -0.25) is 0 Å². The molecule has 0 atom stereocenters. The summed E-state index contributed by atoms with van der Waals surface area (Å²) in [7, 11) is 0. The molecule has 0 fully saturated rings. The Morgan fingerprint density at radius 3 is 2.50 bits per heavy atom. The van der Waals surface area contributed by atoms with Gasteiger partial charge in [-0.25, -0.2) is 4.79 Å². The molecule has 184 valence electrons. The van der Waals surface area contributed by atoms with Crippen LogP contribution in [0.25, 0.3) is 17.5 Å². The van der Waals surface area contributed by atoms with E-state index >= 15 is 0 Å². The third-order valence-electron chi connectivity index (χ3n) is 5.09. The molecule has 6 nitrogen and oxygen atoms in total. The smallest absolute Gasteiger partial charge is 0.342 e. The fourth-order valence-corrected chi connectivity index (χ4v) is 4.67. The summed E-state index contributed by atoms with van der Waals surface area (Å²) in [6, 6.07) is 19.7. The summed E-state index contributed by atoms with van der Waals surface area (Å²) in [5.41, 5.74) is 2.38. The molecule has 0 bridgehead atoms. The molecular formula is C26H20Cl3N3O3S. The van der Waals surface area contributed by atoms with E-state index < -0.39 is 5.97 Å². The monoisotopic (exact) mass is 559 g/mol. The van der Waals surface area contributed by atoms with E-state index in [2.05, 4.69) is 10.2 Å². The molecule has 36 heavy (non-hydrogen) atoms. The van der Waals surface area contributed by atoms with Crippen LogP contribution in [0.4, 0.5) is 0 Å². The fraction of sp³-hybridized carbons (Fsp3) is 0.115. The van der Waals surface area contributed by atoms with E-state index in [1.165, 1.54) is 0 Å². The molecule has 0 amide bonds. The standard InChI is InChI=1S/C26H20Cl3N3O3S/c1-2-32-24(18-7-9-19(27)10-8-18)30-31-26(32)36-23(25(33)34)14-16-4-3-5-20(12-16)35-15-17-6-11-21(28)22(29)13-17/h3-14H,2,15H2,1H3,(H,33,34)/b23-14-. The highest BCUT2D eigenvalue weighted by Gasteiger charge is 2.18. The van der Waals surface area contributed by atoms with Crippen LogP contribution in [0.3, 0.4) is 0 Å². The van der Waals surface area contributed by atoms with E-state index in [0.717, 1.165) is 22.9 Å². The first kappa shape index (κ1) is 26.1. The van der Waals surface area contributed by atoms with Gasteiger partial charge in [-0.2, -0.15) is 0 Å². The number of aromatic nitrogens is 3.